The van der Waals surface area contributed by atoms with Crippen LogP contribution in [0.4, 0.5) is 5.82 Å². The van der Waals surface area contributed by atoms with Gasteiger partial charge in [0.05, 0.1) is 0 Å². The van der Waals surface area contributed by atoms with Crippen LogP contribution < -0.4 is 5.32 Å². The van der Waals surface area contributed by atoms with Gasteiger partial charge in [0.2, 0.25) is 0 Å². The number of anilines is 1. The van der Waals surface area contributed by atoms with Gasteiger partial charge >= 0.3 is 0 Å². The maximum absolute atomic E-state index is 4.55. The minimum absolute atomic E-state index is 0.678. The van der Waals surface area contributed by atoms with Gasteiger partial charge in [-0.25, -0.2) is 9.97 Å². The Bertz CT molecular complexity index is 564. The Labute approximate surface area is 108 Å². The van der Waals surface area contributed by atoms with E-state index in [0.717, 1.165) is 34.8 Å². The van der Waals surface area contributed by atoms with Gasteiger partial charge in [-0.2, -0.15) is 0 Å². The molecule has 0 atom stereocenters. The van der Waals surface area contributed by atoms with Gasteiger partial charge in [0, 0.05) is 24.5 Å². The Morgan fingerprint density at radius 2 is 2.00 bits per heavy atom. The highest BCUT2D eigenvalue weighted by atomic mass is 15.0. The lowest BCUT2D eigenvalue weighted by atomic mass is 10.1. The van der Waals surface area contributed by atoms with Crippen molar-refractivity contribution in [1.82, 2.24) is 15.0 Å². The first-order valence-electron chi connectivity index (χ1n) is 6.14. The van der Waals surface area contributed by atoms with Crippen LogP contribution in [0.1, 0.15) is 23.7 Å². The lowest BCUT2D eigenvalue weighted by Gasteiger charge is -2.11. The highest BCUT2D eigenvalue weighted by molar-refractivity contribution is 5.56. The molecule has 0 aliphatic heterocycles. The predicted octanol–water partition coefficient (Wildman–Crippen LogP) is 2.76. The highest BCUT2D eigenvalue weighted by Gasteiger charge is 2.11. The minimum Gasteiger partial charge on any atom is -0.373 e. The average Bonchev–Trinajstić information content (AvgIpc) is 2.37. The average molecular weight is 242 g/mol. The number of hydrogen-bond donors (Lipinski definition) is 1. The maximum atomic E-state index is 4.55. The zero-order valence-electron chi connectivity index (χ0n) is 11.3. The third-order valence-corrected chi connectivity index (χ3v) is 2.95. The van der Waals surface area contributed by atoms with E-state index in [1.807, 2.05) is 33.0 Å². The van der Waals surface area contributed by atoms with Gasteiger partial charge in [-0.05, 0) is 38.0 Å². The van der Waals surface area contributed by atoms with E-state index in [2.05, 4.69) is 27.2 Å². The standard InChI is InChI=1S/C14H18N4/c1-5-11-10(3)17-14(18-13(11)15-4)12-8-9(2)6-7-16-12/h6-8H,5H2,1-4H3,(H,15,17,18). The zero-order valence-corrected chi connectivity index (χ0v) is 11.3. The summed E-state index contributed by atoms with van der Waals surface area (Å²) in [6.45, 7) is 6.16. The van der Waals surface area contributed by atoms with Gasteiger partial charge in [0.15, 0.2) is 5.82 Å². The summed E-state index contributed by atoms with van der Waals surface area (Å²) in [7, 11) is 1.88. The molecule has 2 rings (SSSR count). The van der Waals surface area contributed by atoms with Crippen molar-refractivity contribution in [2.24, 2.45) is 0 Å². The summed E-state index contributed by atoms with van der Waals surface area (Å²) < 4.78 is 0. The van der Waals surface area contributed by atoms with Crippen LogP contribution >= 0.6 is 0 Å². The van der Waals surface area contributed by atoms with Gasteiger partial charge in [0.25, 0.3) is 0 Å². The fraction of sp³-hybridized carbons (Fsp3) is 0.357. The molecule has 0 bridgehead atoms. The van der Waals surface area contributed by atoms with Crippen molar-refractivity contribution >= 4 is 5.82 Å². The summed E-state index contributed by atoms with van der Waals surface area (Å²) in [6.07, 6.45) is 2.71. The quantitative estimate of drug-likeness (QED) is 0.899. The van der Waals surface area contributed by atoms with Crippen LogP contribution in [0.25, 0.3) is 11.5 Å². The van der Waals surface area contributed by atoms with Crippen LogP contribution in [0.5, 0.6) is 0 Å². The molecule has 0 aliphatic rings. The van der Waals surface area contributed by atoms with Crippen LogP contribution in [-0.4, -0.2) is 22.0 Å². The highest BCUT2D eigenvalue weighted by Crippen LogP contribution is 2.21. The third-order valence-electron chi connectivity index (χ3n) is 2.95. The monoisotopic (exact) mass is 242 g/mol. The minimum atomic E-state index is 0.678. The van der Waals surface area contributed by atoms with Crippen LogP contribution in [0.3, 0.4) is 0 Å². The van der Waals surface area contributed by atoms with Gasteiger partial charge in [-0.1, -0.05) is 6.92 Å². The van der Waals surface area contributed by atoms with Crippen LogP contribution in [0.2, 0.25) is 0 Å². The second-order valence-corrected chi connectivity index (χ2v) is 4.28. The number of nitrogens with zero attached hydrogens (tertiary/aromatic N) is 3. The van der Waals surface area contributed by atoms with Crippen LogP contribution in [-0.2, 0) is 6.42 Å². The molecule has 0 saturated heterocycles. The van der Waals surface area contributed by atoms with E-state index in [4.69, 9.17) is 0 Å². The van der Waals surface area contributed by atoms with E-state index < -0.39 is 0 Å². The van der Waals surface area contributed by atoms with E-state index in [1.54, 1.807) is 6.20 Å². The van der Waals surface area contributed by atoms with Crippen molar-refractivity contribution in [3.8, 4) is 11.5 Å². The Morgan fingerprint density at radius 3 is 2.61 bits per heavy atom. The van der Waals surface area contributed by atoms with Gasteiger partial charge in [-0.3, -0.25) is 4.98 Å². The number of rotatable bonds is 3. The van der Waals surface area contributed by atoms with E-state index in [1.165, 1.54) is 0 Å². The number of aromatic nitrogens is 3. The van der Waals surface area contributed by atoms with Gasteiger partial charge < -0.3 is 5.32 Å². The topological polar surface area (TPSA) is 50.7 Å². The molecule has 94 valence electrons. The summed E-state index contributed by atoms with van der Waals surface area (Å²) in [6, 6.07) is 3.97. The molecule has 0 aromatic carbocycles. The lowest BCUT2D eigenvalue weighted by molar-refractivity contribution is 0.995. The number of hydrogen-bond acceptors (Lipinski definition) is 4. The Balaban J connectivity index is 2.56. The first kappa shape index (κ1) is 12.5. The fourth-order valence-electron chi connectivity index (χ4n) is 2.00. The molecule has 0 amide bonds. The van der Waals surface area contributed by atoms with Crippen molar-refractivity contribution in [3.63, 3.8) is 0 Å². The van der Waals surface area contributed by atoms with Gasteiger partial charge in [-0.15, -0.1) is 0 Å². The molecule has 1 N–H and O–H groups in total. The molecule has 4 nitrogen and oxygen atoms in total. The predicted molar refractivity (Wildman–Crippen MR) is 73.7 cm³/mol. The second kappa shape index (κ2) is 5.12. The largest absolute Gasteiger partial charge is 0.373 e. The first-order chi connectivity index (χ1) is 8.65. The molecule has 4 heteroatoms. The molecule has 0 unspecified atom stereocenters. The molecular weight excluding hydrogens is 224 g/mol. The summed E-state index contributed by atoms with van der Waals surface area (Å²) in [5, 5.41) is 3.13. The summed E-state index contributed by atoms with van der Waals surface area (Å²) in [4.78, 5) is 13.4. The van der Waals surface area contributed by atoms with Crippen molar-refractivity contribution in [3.05, 3.63) is 35.2 Å². The molecule has 0 fully saturated rings. The summed E-state index contributed by atoms with van der Waals surface area (Å²) in [5.41, 5.74) is 4.15. The Morgan fingerprint density at radius 1 is 1.22 bits per heavy atom. The summed E-state index contributed by atoms with van der Waals surface area (Å²) >= 11 is 0. The van der Waals surface area contributed by atoms with Crippen molar-refractivity contribution in [2.45, 2.75) is 27.2 Å². The van der Waals surface area contributed by atoms with E-state index in [0.29, 0.717) is 5.82 Å². The molecule has 0 saturated carbocycles. The molecule has 2 heterocycles. The normalized spacial score (nSPS) is 10.4. The Kier molecular flexibility index (Phi) is 3.55. The lowest BCUT2D eigenvalue weighted by Crippen LogP contribution is -2.05. The number of aryl methyl sites for hydroxylation is 2. The third kappa shape index (κ3) is 2.32. The van der Waals surface area contributed by atoms with Crippen LogP contribution in [0, 0.1) is 13.8 Å². The van der Waals surface area contributed by atoms with Crippen molar-refractivity contribution < 1.29 is 0 Å². The first-order valence-corrected chi connectivity index (χ1v) is 6.14. The number of nitrogens with one attached hydrogen (secondary N) is 1. The molecule has 0 aliphatic carbocycles. The zero-order chi connectivity index (χ0) is 13.1. The smallest absolute Gasteiger partial charge is 0.180 e. The molecular formula is C14H18N4. The van der Waals surface area contributed by atoms with E-state index in [-0.39, 0.29) is 0 Å². The summed E-state index contributed by atoms with van der Waals surface area (Å²) in [5.74, 6) is 1.57. The van der Waals surface area contributed by atoms with Crippen LogP contribution in [0.15, 0.2) is 18.3 Å². The van der Waals surface area contributed by atoms with E-state index >= 15 is 0 Å². The van der Waals surface area contributed by atoms with Crippen molar-refractivity contribution in [2.75, 3.05) is 12.4 Å². The fourth-order valence-corrected chi connectivity index (χ4v) is 2.00. The molecule has 2 aromatic heterocycles. The molecule has 18 heavy (non-hydrogen) atoms. The molecule has 2 aromatic rings. The second-order valence-electron chi connectivity index (χ2n) is 4.28. The molecule has 0 spiro atoms. The maximum Gasteiger partial charge on any atom is 0.180 e. The Hall–Kier alpha value is -1.97. The SMILES string of the molecule is CCc1c(C)nc(-c2cc(C)ccn2)nc1NC. The van der Waals surface area contributed by atoms with Gasteiger partial charge in [0.1, 0.15) is 11.5 Å². The van der Waals surface area contributed by atoms with E-state index in [9.17, 15) is 0 Å². The molecule has 0 radical (unpaired) electrons. The van der Waals surface area contributed by atoms with Crippen molar-refractivity contribution in [1.29, 1.82) is 0 Å². The number of pyridine rings is 1.